The standard InChI is InChI=1S/C28H25FN4O3S/c1-17-6-8-19(9-7-17)24-15-23(18-10-12-20(29)13-11-18)32-33(24)28-31-27(35)25(37-28)16-26(34)30-21-4-3-5-22(14-21)36-2/h3-14,24-25H,15-16H2,1-2H3,(H,30,34)/t24-,25-/m1/s1. The third-order valence-corrected chi connectivity index (χ3v) is 7.34. The number of nitrogens with zero attached hydrogens (tertiary/aromatic N) is 3. The van der Waals surface area contributed by atoms with E-state index in [1.54, 1.807) is 48.5 Å². The minimum Gasteiger partial charge on any atom is -0.497 e. The molecule has 0 saturated heterocycles. The number of ether oxygens (including phenoxy) is 1. The lowest BCUT2D eigenvalue weighted by molar-refractivity contribution is -0.121. The second-order valence-corrected chi connectivity index (χ2v) is 10.0. The van der Waals surface area contributed by atoms with E-state index in [0.29, 0.717) is 23.0 Å². The molecule has 0 saturated carbocycles. The highest BCUT2D eigenvalue weighted by molar-refractivity contribution is 8.15. The molecule has 2 aliphatic heterocycles. The van der Waals surface area contributed by atoms with Gasteiger partial charge in [-0.05, 0) is 42.3 Å². The number of benzene rings is 3. The molecular weight excluding hydrogens is 491 g/mol. The number of aliphatic imine (C=N–C) groups is 1. The quantitative estimate of drug-likeness (QED) is 0.480. The maximum Gasteiger partial charge on any atom is 0.262 e. The number of thioether (sulfide) groups is 1. The van der Waals surface area contributed by atoms with Crippen LogP contribution in [0.4, 0.5) is 10.1 Å². The SMILES string of the molecule is COc1cccc(NC(=O)C[C@H]2SC(N3N=C(c4ccc(F)cc4)C[C@@H]3c3ccc(C)cc3)=NC2=O)c1. The number of methoxy groups -OCH3 is 1. The molecule has 2 heterocycles. The number of carbonyl (C=O) groups excluding carboxylic acids is 2. The van der Waals surface area contributed by atoms with Gasteiger partial charge in [0, 0.05) is 24.6 Å². The van der Waals surface area contributed by atoms with Crippen molar-refractivity contribution in [3.05, 3.63) is 95.3 Å². The number of carbonyl (C=O) groups is 2. The highest BCUT2D eigenvalue weighted by Crippen LogP contribution is 2.38. The fourth-order valence-electron chi connectivity index (χ4n) is 4.24. The smallest absolute Gasteiger partial charge is 0.262 e. The molecule has 2 amide bonds. The summed E-state index contributed by atoms with van der Waals surface area (Å²) < 4.78 is 18.7. The summed E-state index contributed by atoms with van der Waals surface area (Å²) in [6, 6.07) is 21.2. The van der Waals surface area contributed by atoms with Crippen LogP contribution in [0.15, 0.2) is 82.9 Å². The van der Waals surface area contributed by atoms with E-state index >= 15 is 0 Å². The van der Waals surface area contributed by atoms with E-state index in [1.165, 1.54) is 23.9 Å². The summed E-state index contributed by atoms with van der Waals surface area (Å²) in [5, 5.41) is 9.17. The van der Waals surface area contributed by atoms with E-state index in [2.05, 4.69) is 10.3 Å². The van der Waals surface area contributed by atoms with Crippen LogP contribution in [0, 0.1) is 12.7 Å². The average Bonchev–Trinajstić information content (AvgIpc) is 3.49. The summed E-state index contributed by atoms with van der Waals surface area (Å²) in [6.45, 7) is 2.02. The van der Waals surface area contributed by atoms with Gasteiger partial charge in [0.15, 0.2) is 5.17 Å². The van der Waals surface area contributed by atoms with Crippen molar-refractivity contribution < 1.29 is 18.7 Å². The molecule has 0 aromatic heterocycles. The lowest BCUT2D eigenvalue weighted by Crippen LogP contribution is -2.25. The number of aryl methyl sites for hydroxylation is 1. The zero-order chi connectivity index (χ0) is 25.9. The molecule has 3 aromatic carbocycles. The maximum absolute atomic E-state index is 13.5. The van der Waals surface area contributed by atoms with E-state index in [1.807, 2.05) is 31.2 Å². The Kier molecular flexibility index (Phi) is 7.05. The number of hydrogen-bond donors (Lipinski definition) is 1. The number of hydrazone groups is 1. The molecule has 0 spiro atoms. The Hall–Kier alpha value is -3.98. The molecule has 0 aliphatic carbocycles. The van der Waals surface area contributed by atoms with Gasteiger partial charge in [-0.1, -0.05) is 59.8 Å². The minimum absolute atomic E-state index is 0.0225. The van der Waals surface area contributed by atoms with Gasteiger partial charge in [-0.15, -0.1) is 0 Å². The molecule has 188 valence electrons. The normalized spacial score (nSPS) is 19.0. The van der Waals surface area contributed by atoms with Crippen LogP contribution in [0.2, 0.25) is 0 Å². The van der Waals surface area contributed by atoms with Crippen LogP contribution in [0.25, 0.3) is 0 Å². The van der Waals surface area contributed by atoms with Gasteiger partial charge in [0.25, 0.3) is 5.91 Å². The molecule has 1 N–H and O–H groups in total. The Morgan fingerprint density at radius 3 is 2.62 bits per heavy atom. The number of halogens is 1. The molecule has 37 heavy (non-hydrogen) atoms. The first-order chi connectivity index (χ1) is 17.9. The number of amidine groups is 1. The molecular formula is C28H25FN4O3S. The van der Waals surface area contributed by atoms with Crippen molar-refractivity contribution in [2.75, 3.05) is 12.4 Å². The van der Waals surface area contributed by atoms with Gasteiger partial charge in [-0.3, -0.25) is 9.59 Å². The summed E-state index contributed by atoms with van der Waals surface area (Å²) in [7, 11) is 1.56. The van der Waals surface area contributed by atoms with Crippen LogP contribution < -0.4 is 10.1 Å². The summed E-state index contributed by atoms with van der Waals surface area (Å²) in [6.07, 6.45) is 0.550. The lowest BCUT2D eigenvalue weighted by atomic mass is 9.98. The van der Waals surface area contributed by atoms with Crippen LogP contribution >= 0.6 is 11.8 Å². The summed E-state index contributed by atoms with van der Waals surface area (Å²) >= 11 is 1.24. The highest BCUT2D eigenvalue weighted by atomic mass is 32.2. The largest absolute Gasteiger partial charge is 0.497 e. The summed E-state index contributed by atoms with van der Waals surface area (Å²) in [4.78, 5) is 29.7. The molecule has 0 fully saturated rings. The third-order valence-electron chi connectivity index (χ3n) is 6.20. The molecule has 0 bridgehead atoms. The Balaban J connectivity index is 1.34. The van der Waals surface area contributed by atoms with Crippen LogP contribution in [0.3, 0.4) is 0 Å². The van der Waals surface area contributed by atoms with Gasteiger partial charge in [0.2, 0.25) is 5.91 Å². The van der Waals surface area contributed by atoms with E-state index in [-0.39, 0.29) is 30.1 Å². The van der Waals surface area contributed by atoms with Gasteiger partial charge in [0.05, 0.1) is 18.9 Å². The molecule has 0 unspecified atom stereocenters. The Morgan fingerprint density at radius 1 is 1.14 bits per heavy atom. The maximum atomic E-state index is 13.5. The first-order valence-corrected chi connectivity index (χ1v) is 12.7. The van der Waals surface area contributed by atoms with Crippen LogP contribution in [-0.2, 0) is 9.59 Å². The van der Waals surface area contributed by atoms with Gasteiger partial charge in [-0.2, -0.15) is 10.1 Å². The Labute approximate surface area is 218 Å². The zero-order valence-electron chi connectivity index (χ0n) is 20.3. The lowest BCUT2D eigenvalue weighted by Gasteiger charge is -2.23. The Morgan fingerprint density at radius 2 is 1.89 bits per heavy atom. The first-order valence-electron chi connectivity index (χ1n) is 11.8. The molecule has 5 rings (SSSR count). The van der Waals surface area contributed by atoms with Gasteiger partial charge in [0.1, 0.15) is 16.8 Å². The predicted molar refractivity (Wildman–Crippen MR) is 143 cm³/mol. The van der Waals surface area contributed by atoms with Crippen molar-refractivity contribution in [1.29, 1.82) is 0 Å². The highest BCUT2D eigenvalue weighted by Gasteiger charge is 2.39. The van der Waals surface area contributed by atoms with Crippen molar-refractivity contribution in [2.24, 2.45) is 10.1 Å². The number of nitrogens with one attached hydrogen (secondary N) is 1. The fraction of sp³-hybridized carbons (Fsp3) is 0.214. The van der Waals surface area contributed by atoms with Crippen molar-refractivity contribution >= 4 is 40.1 Å². The molecule has 9 heteroatoms. The van der Waals surface area contributed by atoms with E-state index in [9.17, 15) is 14.0 Å². The van der Waals surface area contributed by atoms with E-state index in [4.69, 9.17) is 9.84 Å². The molecule has 7 nitrogen and oxygen atoms in total. The van der Waals surface area contributed by atoms with E-state index in [0.717, 1.165) is 22.4 Å². The van der Waals surface area contributed by atoms with Crippen LogP contribution in [-0.4, -0.2) is 40.1 Å². The second-order valence-electron chi connectivity index (χ2n) is 8.85. The van der Waals surface area contributed by atoms with Crippen molar-refractivity contribution in [1.82, 2.24) is 5.01 Å². The van der Waals surface area contributed by atoms with Crippen LogP contribution in [0.5, 0.6) is 5.75 Å². The van der Waals surface area contributed by atoms with E-state index < -0.39 is 5.25 Å². The molecule has 0 radical (unpaired) electrons. The fourth-order valence-corrected chi connectivity index (χ4v) is 5.30. The molecule has 2 atom stereocenters. The average molecular weight is 517 g/mol. The minimum atomic E-state index is -0.649. The predicted octanol–water partition coefficient (Wildman–Crippen LogP) is 5.32. The number of amides is 2. The Bertz CT molecular complexity index is 1390. The number of rotatable bonds is 6. The second kappa shape index (κ2) is 10.6. The third kappa shape index (κ3) is 5.56. The van der Waals surface area contributed by atoms with Crippen LogP contribution in [0.1, 0.15) is 35.6 Å². The topological polar surface area (TPSA) is 83.4 Å². The summed E-state index contributed by atoms with van der Waals surface area (Å²) in [5.74, 6) is -0.345. The molecule has 2 aliphatic rings. The van der Waals surface area contributed by atoms with Crippen molar-refractivity contribution in [3.8, 4) is 5.75 Å². The zero-order valence-corrected chi connectivity index (χ0v) is 21.2. The number of anilines is 1. The number of hydrogen-bond acceptors (Lipinski definition) is 6. The van der Waals surface area contributed by atoms with Gasteiger partial charge >= 0.3 is 0 Å². The van der Waals surface area contributed by atoms with Gasteiger partial charge in [-0.25, -0.2) is 9.40 Å². The first kappa shape index (κ1) is 24.7. The van der Waals surface area contributed by atoms with Crippen molar-refractivity contribution in [2.45, 2.75) is 31.1 Å². The monoisotopic (exact) mass is 516 g/mol. The van der Waals surface area contributed by atoms with Gasteiger partial charge < -0.3 is 10.1 Å². The molecule has 3 aromatic rings. The summed E-state index contributed by atoms with van der Waals surface area (Å²) in [5.41, 5.74) is 4.35. The van der Waals surface area contributed by atoms with Crippen molar-refractivity contribution in [3.63, 3.8) is 0 Å².